The van der Waals surface area contributed by atoms with Crippen LogP contribution in [0, 0.1) is 6.92 Å². The maximum absolute atomic E-state index is 4.90. The summed E-state index contributed by atoms with van der Waals surface area (Å²) in [4.78, 5) is 4.90. The lowest BCUT2D eigenvalue weighted by Gasteiger charge is -2.26. The number of aromatic nitrogens is 1. The molecule has 1 heterocycles. The molecule has 0 saturated carbocycles. The summed E-state index contributed by atoms with van der Waals surface area (Å²) >= 11 is 0. The molecule has 0 radical (unpaired) electrons. The molecule has 3 aliphatic carbocycles. The zero-order valence-electron chi connectivity index (χ0n) is 11.9. The lowest BCUT2D eigenvalue weighted by Crippen LogP contribution is -2.11. The predicted octanol–water partition coefficient (Wildman–Crippen LogP) is 5.11. The highest BCUT2D eigenvalue weighted by Gasteiger charge is 2.29. The van der Waals surface area contributed by atoms with Crippen molar-refractivity contribution in [2.24, 2.45) is 0 Å². The Labute approximate surface area is 120 Å². The Hall–Kier alpha value is -1.89. The third kappa shape index (κ3) is 1.81. The molecule has 5 rings (SSSR count). The SMILES string of the molecule is Cc1cc(-c2ccccc2)c2c(n1)C1CCC=C2CC1. The van der Waals surface area contributed by atoms with Gasteiger partial charge in [0.05, 0.1) is 5.69 Å². The Morgan fingerprint density at radius 2 is 1.95 bits per heavy atom. The van der Waals surface area contributed by atoms with Crippen LogP contribution < -0.4 is 0 Å². The van der Waals surface area contributed by atoms with E-state index in [1.807, 2.05) is 0 Å². The van der Waals surface area contributed by atoms with Gasteiger partial charge in [0, 0.05) is 17.2 Å². The van der Waals surface area contributed by atoms with Gasteiger partial charge in [-0.1, -0.05) is 36.4 Å². The summed E-state index contributed by atoms with van der Waals surface area (Å²) in [5.74, 6) is 0.662. The maximum atomic E-state index is 4.90. The van der Waals surface area contributed by atoms with Gasteiger partial charge >= 0.3 is 0 Å². The van der Waals surface area contributed by atoms with Gasteiger partial charge in [0.1, 0.15) is 0 Å². The molecule has 1 nitrogen and oxygen atoms in total. The van der Waals surface area contributed by atoms with Gasteiger partial charge in [0.25, 0.3) is 0 Å². The normalized spacial score (nSPS) is 20.2. The van der Waals surface area contributed by atoms with E-state index in [-0.39, 0.29) is 0 Å². The summed E-state index contributed by atoms with van der Waals surface area (Å²) in [5.41, 5.74) is 8.18. The molecule has 0 spiro atoms. The molecule has 2 bridgehead atoms. The molecule has 0 N–H and O–H groups in total. The Morgan fingerprint density at radius 3 is 2.80 bits per heavy atom. The number of pyridine rings is 1. The molecule has 0 fully saturated rings. The number of fused-ring (bicyclic) bond motifs is 3. The van der Waals surface area contributed by atoms with Crippen molar-refractivity contribution in [1.29, 1.82) is 0 Å². The van der Waals surface area contributed by atoms with Crippen molar-refractivity contribution < 1.29 is 0 Å². The second-order valence-electron chi connectivity index (χ2n) is 5.98. The molecule has 1 aromatic heterocycles. The molecule has 100 valence electrons. The summed E-state index contributed by atoms with van der Waals surface area (Å²) in [6.45, 7) is 2.12. The minimum Gasteiger partial charge on any atom is -0.257 e. The van der Waals surface area contributed by atoms with Crippen molar-refractivity contribution in [3.05, 3.63) is 59.4 Å². The standard InChI is InChI=1S/C19H19N/c1-13-12-17(14-6-3-2-4-7-14)18-15-8-5-9-16(11-10-15)19(18)20-13/h2-4,6-8,12,16H,5,9-11H2,1H3. The van der Waals surface area contributed by atoms with E-state index in [2.05, 4.69) is 49.4 Å². The fourth-order valence-corrected chi connectivity index (χ4v) is 3.71. The zero-order chi connectivity index (χ0) is 13.5. The highest BCUT2D eigenvalue weighted by Crippen LogP contribution is 2.46. The van der Waals surface area contributed by atoms with Gasteiger partial charge in [-0.25, -0.2) is 0 Å². The van der Waals surface area contributed by atoms with Crippen LogP contribution in [0.4, 0.5) is 0 Å². The van der Waals surface area contributed by atoms with Crippen molar-refractivity contribution >= 4 is 5.57 Å². The first-order valence-corrected chi connectivity index (χ1v) is 7.59. The van der Waals surface area contributed by atoms with Gasteiger partial charge in [-0.15, -0.1) is 0 Å². The van der Waals surface area contributed by atoms with E-state index in [0.29, 0.717) is 5.92 Å². The van der Waals surface area contributed by atoms with Crippen LogP contribution in [0.1, 0.15) is 48.6 Å². The number of hydrogen-bond acceptors (Lipinski definition) is 1. The Bertz CT molecular complexity index is 680. The van der Waals surface area contributed by atoms with Crippen molar-refractivity contribution in [1.82, 2.24) is 4.98 Å². The smallest absolute Gasteiger partial charge is 0.0519 e. The van der Waals surface area contributed by atoms with E-state index >= 15 is 0 Å². The number of nitrogens with zero attached hydrogens (tertiary/aromatic N) is 1. The highest BCUT2D eigenvalue weighted by atomic mass is 14.7. The third-order valence-corrected chi connectivity index (χ3v) is 4.64. The summed E-state index contributed by atoms with van der Waals surface area (Å²) in [7, 11) is 0. The lowest BCUT2D eigenvalue weighted by atomic mass is 9.80. The van der Waals surface area contributed by atoms with Gasteiger partial charge in [0.15, 0.2) is 0 Å². The lowest BCUT2D eigenvalue weighted by molar-refractivity contribution is 0.576. The molecular weight excluding hydrogens is 242 g/mol. The van der Waals surface area contributed by atoms with Gasteiger partial charge in [0.2, 0.25) is 0 Å². The van der Waals surface area contributed by atoms with Gasteiger partial charge in [-0.2, -0.15) is 0 Å². The number of hydrogen-bond donors (Lipinski definition) is 0. The van der Waals surface area contributed by atoms with Crippen LogP contribution in [0.5, 0.6) is 0 Å². The number of aryl methyl sites for hydroxylation is 1. The van der Waals surface area contributed by atoms with Crippen molar-refractivity contribution in [3.63, 3.8) is 0 Å². The van der Waals surface area contributed by atoms with E-state index in [4.69, 9.17) is 4.98 Å². The second-order valence-corrected chi connectivity index (χ2v) is 5.98. The van der Waals surface area contributed by atoms with Gasteiger partial charge in [-0.3, -0.25) is 4.98 Å². The monoisotopic (exact) mass is 261 g/mol. The average molecular weight is 261 g/mol. The first-order valence-electron chi connectivity index (χ1n) is 7.59. The minimum absolute atomic E-state index is 0.662. The fraction of sp³-hybridized carbons (Fsp3) is 0.316. The van der Waals surface area contributed by atoms with E-state index in [1.54, 1.807) is 0 Å². The van der Waals surface area contributed by atoms with Crippen LogP contribution in [0.3, 0.4) is 0 Å². The molecule has 1 heteroatoms. The Kier molecular flexibility index (Phi) is 2.73. The zero-order valence-corrected chi connectivity index (χ0v) is 11.9. The molecule has 20 heavy (non-hydrogen) atoms. The first-order chi connectivity index (χ1) is 9.83. The molecular formula is C19H19N. The van der Waals surface area contributed by atoms with Crippen molar-refractivity contribution in [2.45, 2.75) is 38.5 Å². The van der Waals surface area contributed by atoms with E-state index in [9.17, 15) is 0 Å². The number of allylic oxidation sites excluding steroid dienone is 2. The summed E-state index contributed by atoms with van der Waals surface area (Å²) in [6.07, 6.45) is 7.44. The summed E-state index contributed by atoms with van der Waals surface area (Å²) < 4.78 is 0. The third-order valence-electron chi connectivity index (χ3n) is 4.64. The van der Waals surface area contributed by atoms with Crippen LogP contribution in [0.2, 0.25) is 0 Å². The van der Waals surface area contributed by atoms with E-state index in [1.165, 1.54) is 53.6 Å². The number of benzene rings is 1. The largest absolute Gasteiger partial charge is 0.257 e. The van der Waals surface area contributed by atoms with Crippen LogP contribution in [0.15, 0.2) is 42.5 Å². The molecule has 2 aromatic rings. The van der Waals surface area contributed by atoms with E-state index in [0.717, 1.165) is 5.69 Å². The quantitative estimate of drug-likeness (QED) is 0.695. The molecule has 3 aliphatic rings. The van der Waals surface area contributed by atoms with Crippen LogP contribution in [-0.4, -0.2) is 4.98 Å². The molecule has 0 amide bonds. The van der Waals surface area contributed by atoms with E-state index < -0.39 is 0 Å². The molecule has 1 aromatic carbocycles. The van der Waals surface area contributed by atoms with Crippen molar-refractivity contribution in [2.75, 3.05) is 0 Å². The molecule has 0 saturated heterocycles. The molecule has 0 aliphatic heterocycles. The molecule has 1 atom stereocenters. The fourth-order valence-electron chi connectivity index (χ4n) is 3.71. The Balaban J connectivity index is 2.02. The summed E-state index contributed by atoms with van der Waals surface area (Å²) in [6, 6.07) is 13.0. The van der Waals surface area contributed by atoms with Crippen molar-refractivity contribution in [3.8, 4) is 11.1 Å². The average Bonchev–Trinajstić information content (AvgIpc) is 2.81. The second kappa shape index (κ2) is 4.59. The summed E-state index contributed by atoms with van der Waals surface area (Å²) in [5, 5.41) is 0. The maximum Gasteiger partial charge on any atom is 0.0519 e. The molecule has 1 unspecified atom stereocenters. The first kappa shape index (κ1) is 11.9. The topological polar surface area (TPSA) is 12.9 Å². The van der Waals surface area contributed by atoms with Gasteiger partial charge < -0.3 is 0 Å². The Morgan fingerprint density at radius 1 is 1.10 bits per heavy atom. The number of rotatable bonds is 1. The van der Waals surface area contributed by atoms with Gasteiger partial charge in [-0.05, 0) is 55.4 Å². The van der Waals surface area contributed by atoms with Crippen LogP contribution in [-0.2, 0) is 0 Å². The predicted molar refractivity (Wildman–Crippen MR) is 83.6 cm³/mol. The van der Waals surface area contributed by atoms with Crippen LogP contribution >= 0.6 is 0 Å². The highest BCUT2D eigenvalue weighted by molar-refractivity contribution is 5.84. The minimum atomic E-state index is 0.662. The van der Waals surface area contributed by atoms with Crippen LogP contribution in [0.25, 0.3) is 16.7 Å².